The second kappa shape index (κ2) is 10.8. The SMILES string of the molecule is CCC1CN(C)CC(CC)N1c1ncc(C2CCN([C@H]3C[C@@H](CC(=O)C(C)C)C3)CC2)cn1. The lowest BCUT2D eigenvalue weighted by Crippen LogP contribution is -2.58. The van der Waals surface area contributed by atoms with Crippen LogP contribution in [0.15, 0.2) is 12.4 Å². The van der Waals surface area contributed by atoms with Gasteiger partial charge in [-0.25, -0.2) is 9.97 Å². The van der Waals surface area contributed by atoms with E-state index in [1.54, 1.807) is 0 Å². The molecule has 3 aliphatic rings. The van der Waals surface area contributed by atoms with Crippen LogP contribution in [-0.2, 0) is 4.79 Å². The fraction of sp³-hybridized carbons (Fsp3) is 0.815. The first-order valence-electron chi connectivity index (χ1n) is 13.4. The van der Waals surface area contributed by atoms with Crippen molar-refractivity contribution in [1.29, 1.82) is 0 Å². The largest absolute Gasteiger partial charge is 0.332 e. The third-order valence-electron chi connectivity index (χ3n) is 8.53. The van der Waals surface area contributed by atoms with E-state index in [1.165, 1.54) is 31.2 Å². The number of Topliss-reactive ketones (excluding diaryl/α,β-unsaturated/α-hetero) is 1. The van der Waals surface area contributed by atoms with Crippen LogP contribution in [0.2, 0.25) is 0 Å². The average Bonchev–Trinajstić information content (AvgIpc) is 2.80. The zero-order valence-electron chi connectivity index (χ0n) is 21.5. The molecule has 184 valence electrons. The van der Waals surface area contributed by atoms with E-state index in [1.807, 2.05) is 13.8 Å². The lowest BCUT2D eigenvalue weighted by Gasteiger charge is -2.46. The van der Waals surface area contributed by atoms with Crippen LogP contribution in [0.25, 0.3) is 0 Å². The van der Waals surface area contributed by atoms with Crippen LogP contribution >= 0.6 is 0 Å². The van der Waals surface area contributed by atoms with Crippen LogP contribution in [0.4, 0.5) is 5.95 Å². The van der Waals surface area contributed by atoms with E-state index < -0.39 is 0 Å². The molecule has 2 saturated heterocycles. The van der Waals surface area contributed by atoms with E-state index in [9.17, 15) is 4.79 Å². The van der Waals surface area contributed by atoms with Crippen LogP contribution in [0.5, 0.6) is 0 Å². The monoisotopic (exact) mass is 455 g/mol. The predicted octanol–water partition coefficient (Wildman–Crippen LogP) is 4.36. The number of hydrogen-bond donors (Lipinski definition) is 0. The van der Waals surface area contributed by atoms with Crippen molar-refractivity contribution >= 4 is 11.7 Å². The Labute approximate surface area is 201 Å². The quantitative estimate of drug-likeness (QED) is 0.581. The fourth-order valence-electron chi connectivity index (χ4n) is 6.21. The second-order valence-electron chi connectivity index (χ2n) is 11.2. The number of aromatic nitrogens is 2. The molecule has 3 heterocycles. The molecule has 0 bridgehead atoms. The Kier molecular flexibility index (Phi) is 8.06. The maximum absolute atomic E-state index is 12.0. The lowest BCUT2D eigenvalue weighted by molar-refractivity contribution is -0.124. The number of carbonyl (C=O) groups is 1. The molecule has 0 aromatic carbocycles. The van der Waals surface area contributed by atoms with Crippen molar-refractivity contribution < 1.29 is 4.79 Å². The molecule has 0 radical (unpaired) electrons. The molecule has 1 aromatic heterocycles. The van der Waals surface area contributed by atoms with E-state index in [4.69, 9.17) is 9.97 Å². The van der Waals surface area contributed by atoms with Gasteiger partial charge in [0.2, 0.25) is 5.95 Å². The molecule has 0 amide bonds. The highest BCUT2D eigenvalue weighted by Gasteiger charge is 2.37. The summed E-state index contributed by atoms with van der Waals surface area (Å²) in [6, 6.07) is 1.68. The summed E-state index contributed by atoms with van der Waals surface area (Å²) in [6.07, 6.45) is 12.1. The molecular weight excluding hydrogens is 410 g/mol. The van der Waals surface area contributed by atoms with Gasteiger partial charge in [0, 0.05) is 55.9 Å². The maximum atomic E-state index is 12.0. The third-order valence-corrected chi connectivity index (χ3v) is 8.53. The number of piperidine rings is 1. The Balaban J connectivity index is 1.29. The van der Waals surface area contributed by atoms with Crippen molar-refractivity contribution in [3.05, 3.63) is 18.0 Å². The number of nitrogens with zero attached hydrogens (tertiary/aromatic N) is 5. The van der Waals surface area contributed by atoms with Crippen molar-refractivity contribution in [2.24, 2.45) is 11.8 Å². The number of rotatable bonds is 8. The summed E-state index contributed by atoms with van der Waals surface area (Å²) in [6.45, 7) is 13.1. The van der Waals surface area contributed by atoms with Gasteiger partial charge in [0.1, 0.15) is 5.78 Å². The topological polar surface area (TPSA) is 52.6 Å². The normalized spacial score (nSPS) is 29.9. The summed E-state index contributed by atoms with van der Waals surface area (Å²) < 4.78 is 0. The molecule has 1 aliphatic carbocycles. The van der Waals surface area contributed by atoms with Crippen molar-refractivity contribution in [3.63, 3.8) is 0 Å². The lowest BCUT2D eigenvalue weighted by atomic mass is 9.74. The van der Waals surface area contributed by atoms with Gasteiger partial charge in [0.15, 0.2) is 0 Å². The van der Waals surface area contributed by atoms with Crippen LogP contribution in [0.1, 0.15) is 84.1 Å². The Morgan fingerprint density at radius 3 is 2.12 bits per heavy atom. The van der Waals surface area contributed by atoms with Gasteiger partial charge in [-0.05, 0) is 76.1 Å². The second-order valence-corrected chi connectivity index (χ2v) is 11.2. The van der Waals surface area contributed by atoms with Gasteiger partial charge in [0.05, 0.1) is 0 Å². The Morgan fingerprint density at radius 2 is 1.61 bits per heavy atom. The highest BCUT2D eigenvalue weighted by Crippen LogP contribution is 2.38. The van der Waals surface area contributed by atoms with E-state index in [0.29, 0.717) is 35.7 Å². The number of carbonyl (C=O) groups excluding carboxylic acids is 1. The molecular formula is C27H45N5O. The molecule has 0 N–H and O–H groups in total. The predicted molar refractivity (Wildman–Crippen MR) is 135 cm³/mol. The minimum atomic E-state index is 0.186. The van der Waals surface area contributed by atoms with Crippen molar-refractivity contribution in [2.45, 2.75) is 96.7 Å². The van der Waals surface area contributed by atoms with E-state index >= 15 is 0 Å². The van der Waals surface area contributed by atoms with Gasteiger partial charge in [-0.3, -0.25) is 4.79 Å². The van der Waals surface area contributed by atoms with Gasteiger partial charge in [0.25, 0.3) is 0 Å². The molecule has 0 spiro atoms. The zero-order valence-corrected chi connectivity index (χ0v) is 21.5. The minimum absolute atomic E-state index is 0.186. The Hall–Kier alpha value is -1.53. The minimum Gasteiger partial charge on any atom is -0.332 e. The number of ketones is 1. The van der Waals surface area contributed by atoms with Gasteiger partial charge in [-0.15, -0.1) is 0 Å². The molecule has 4 rings (SSSR count). The molecule has 3 fully saturated rings. The molecule has 6 heteroatoms. The fourth-order valence-corrected chi connectivity index (χ4v) is 6.21. The van der Waals surface area contributed by atoms with Crippen LogP contribution < -0.4 is 4.90 Å². The van der Waals surface area contributed by atoms with E-state index in [-0.39, 0.29) is 5.92 Å². The van der Waals surface area contributed by atoms with E-state index in [2.05, 4.69) is 48.0 Å². The molecule has 2 atom stereocenters. The highest BCUT2D eigenvalue weighted by atomic mass is 16.1. The third kappa shape index (κ3) is 5.59. The first kappa shape index (κ1) is 24.6. The number of likely N-dealkylation sites (tertiary alicyclic amines) is 1. The standard InChI is InChI=1S/C27H45N5O/c1-6-23-17-30(5)18-24(7-2)32(23)27-28-15-22(16-29-27)21-8-10-31(11-9-21)25-12-20(13-25)14-26(33)19(3)4/h15-16,19-21,23-25H,6-14,17-18H2,1-5H3/t20-,23?,24?,25+. The Morgan fingerprint density at radius 1 is 1.03 bits per heavy atom. The van der Waals surface area contributed by atoms with Gasteiger partial charge in [-0.2, -0.15) is 0 Å². The zero-order chi connectivity index (χ0) is 23.5. The van der Waals surface area contributed by atoms with Crippen LogP contribution in [0.3, 0.4) is 0 Å². The summed E-state index contributed by atoms with van der Waals surface area (Å²) >= 11 is 0. The average molecular weight is 456 g/mol. The number of likely N-dealkylation sites (N-methyl/N-ethyl adjacent to an activating group) is 1. The Bertz CT molecular complexity index is 753. The summed E-state index contributed by atoms with van der Waals surface area (Å²) in [7, 11) is 2.23. The summed E-state index contributed by atoms with van der Waals surface area (Å²) in [5, 5.41) is 0. The van der Waals surface area contributed by atoms with Gasteiger partial charge >= 0.3 is 0 Å². The molecule has 2 aliphatic heterocycles. The van der Waals surface area contributed by atoms with Crippen molar-refractivity contribution in [2.75, 3.05) is 38.1 Å². The summed E-state index contributed by atoms with van der Waals surface area (Å²) in [4.78, 5) is 29.4. The molecule has 1 aromatic rings. The molecule has 1 saturated carbocycles. The first-order chi connectivity index (χ1) is 15.9. The highest BCUT2D eigenvalue weighted by molar-refractivity contribution is 5.80. The van der Waals surface area contributed by atoms with Crippen LogP contribution in [0, 0.1) is 11.8 Å². The first-order valence-corrected chi connectivity index (χ1v) is 13.4. The van der Waals surface area contributed by atoms with Crippen molar-refractivity contribution in [3.8, 4) is 0 Å². The molecule has 33 heavy (non-hydrogen) atoms. The van der Waals surface area contributed by atoms with Crippen molar-refractivity contribution in [1.82, 2.24) is 19.8 Å². The number of anilines is 1. The molecule has 6 nitrogen and oxygen atoms in total. The van der Waals surface area contributed by atoms with Crippen LogP contribution in [-0.4, -0.2) is 76.9 Å². The van der Waals surface area contributed by atoms with Gasteiger partial charge in [-0.1, -0.05) is 27.7 Å². The number of hydrogen-bond acceptors (Lipinski definition) is 6. The summed E-state index contributed by atoms with van der Waals surface area (Å²) in [5.41, 5.74) is 1.31. The molecule has 2 unspecified atom stereocenters. The van der Waals surface area contributed by atoms with E-state index in [0.717, 1.165) is 51.4 Å². The summed E-state index contributed by atoms with van der Waals surface area (Å²) in [5.74, 6) is 2.74. The smallest absolute Gasteiger partial charge is 0.225 e. The maximum Gasteiger partial charge on any atom is 0.225 e. The van der Waals surface area contributed by atoms with Gasteiger partial charge < -0.3 is 14.7 Å². The number of piperazine rings is 1.